The van der Waals surface area contributed by atoms with Crippen LogP contribution in [0.25, 0.3) is 0 Å². The molecular weight excluding hydrogens is 368 g/mol. The average Bonchev–Trinajstić information content (AvgIpc) is 3.36. The summed E-state index contributed by atoms with van der Waals surface area (Å²) in [5.41, 5.74) is 1.16. The first-order valence-electron chi connectivity index (χ1n) is 13.6. The summed E-state index contributed by atoms with van der Waals surface area (Å²) in [6, 6.07) is 0. The first-order valence-corrected chi connectivity index (χ1v) is 13.6. The molecule has 5 aliphatic rings. The Morgan fingerprint density at radius 3 is 2.30 bits per heavy atom. The third kappa shape index (κ3) is 3.33. The van der Waals surface area contributed by atoms with Crippen LogP contribution in [0, 0.1) is 52.3 Å². The topological polar surface area (TPSA) is 18.5 Å². The minimum Gasteiger partial charge on any atom is -0.348 e. The number of ether oxygens (including phenoxy) is 2. The normalized spacial score (nSPS) is 48.0. The Morgan fingerprint density at radius 1 is 0.833 bits per heavy atom. The largest absolute Gasteiger partial charge is 0.348 e. The van der Waals surface area contributed by atoms with Crippen LogP contribution in [0.15, 0.2) is 0 Å². The van der Waals surface area contributed by atoms with E-state index in [0.717, 1.165) is 61.1 Å². The predicted molar refractivity (Wildman–Crippen MR) is 123 cm³/mol. The molecule has 0 radical (unpaired) electrons. The average molecular weight is 417 g/mol. The highest BCUT2D eigenvalue weighted by atomic mass is 16.7. The molecular formula is C28H48O2. The van der Waals surface area contributed by atoms with Crippen LogP contribution < -0.4 is 0 Å². The number of rotatable bonds is 5. The fraction of sp³-hybridized carbons (Fsp3) is 1.00. The molecule has 172 valence electrons. The first kappa shape index (κ1) is 21.7. The van der Waals surface area contributed by atoms with E-state index in [1.807, 2.05) is 0 Å². The van der Waals surface area contributed by atoms with Crippen molar-refractivity contribution in [2.24, 2.45) is 52.3 Å². The lowest BCUT2D eigenvalue weighted by atomic mass is 9.53. The standard InChI is InChI=1S/C28H48O2/c1-19(2)7-6-8-20(3)23-9-10-24-22-17-21-18-28(29-15-16-30-28)14-13-26(21,4)25(22)11-12-27(23,24)5/h19-25H,6-18H2,1-5H3/t20-,21-,22+,23-,24+,25+,26+,27-/m1/s1. The van der Waals surface area contributed by atoms with E-state index in [9.17, 15) is 0 Å². The van der Waals surface area contributed by atoms with E-state index in [1.165, 1.54) is 64.2 Å². The van der Waals surface area contributed by atoms with Crippen molar-refractivity contribution in [2.45, 2.75) is 111 Å². The zero-order valence-corrected chi connectivity index (χ0v) is 20.6. The van der Waals surface area contributed by atoms with E-state index >= 15 is 0 Å². The highest BCUT2D eigenvalue weighted by Gasteiger charge is 2.64. The molecule has 4 saturated carbocycles. The Kier molecular flexibility index (Phi) is 5.62. The molecule has 0 bridgehead atoms. The van der Waals surface area contributed by atoms with Crippen molar-refractivity contribution in [3.63, 3.8) is 0 Å². The molecule has 4 aliphatic carbocycles. The van der Waals surface area contributed by atoms with Crippen molar-refractivity contribution >= 4 is 0 Å². The molecule has 0 aromatic rings. The Bertz CT molecular complexity index is 622. The SMILES string of the molecule is CC(C)CCC[C@@H](C)[C@H]1CC[C@H]2[C@@H]3C[C@@H]4CC5(CC[C@]4(C)[C@H]3CC[C@]12C)OCCO5. The molecule has 1 aliphatic heterocycles. The van der Waals surface area contributed by atoms with Gasteiger partial charge in [0.15, 0.2) is 5.79 Å². The molecule has 0 aromatic heterocycles. The van der Waals surface area contributed by atoms with E-state index in [2.05, 4.69) is 34.6 Å². The van der Waals surface area contributed by atoms with Gasteiger partial charge < -0.3 is 9.47 Å². The number of hydrogen-bond donors (Lipinski definition) is 0. The Labute approximate surface area is 186 Å². The predicted octanol–water partition coefficient (Wildman–Crippen LogP) is 7.46. The fourth-order valence-corrected chi connectivity index (χ4v) is 9.76. The van der Waals surface area contributed by atoms with Crippen LogP contribution in [0.3, 0.4) is 0 Å². The third-order valence-corrected chi connectivity index (χ3v) is 11.4. The van der Waals surface area contributed by atoms with Gasteiger partial charge in [-0.1, -0.05) is 53.9 Å². The van der Waals surface area contributed by atoms with Gasteiger partial charge in [0, 0.05) is 12.8 Å². The number of hydrogen-bond acceptors (Lipinski definition) is 2. The van der Waals surface area contributed by atoms with E-state index in [1.54, 1.807) is 0 Å². The third-order valence-electron chi connectivity index (χ3n) is 11.4. The maximum atomic E-state index is 6.17. The minimum absolute atomic E-state index is 0.204. The van der Waals surface area contributed by atoms with Gasteiger partial charge in [-0.2, -0.15) is 0 Å². The Hall–Kier alpha value is -0.0800. The molecule has 1 spiro atoms. The molecule has 8 atom stereocenters. The molecule has 0 unspecified atom stereocenters. The molecule has 1 saturated heterocycles. The van der Waals surface area contributed by atoms with E-state index < -0.39 is 0 Å². The van der Waals surface area contributed by atoms with Crippen LogP contribution in [-0.2, 0) is 9.47 Å². The highest BCUT2D eigenvalue weighted by Crippen LogP contribution is 2.71. The van der Waals surface area contributed by atoms with Crippen molar-refractivity contribution in [1.29, 1.82) is 0 Å². The Balaban J connectivity index is 1.30. The summed E-state index contributed by atoms with van der Waals surface area (Å²) in [5.74, 6) is 6.29. The van der Waals surface area contributed by atoms with Crippen LogP contribution in [0.4, 0.5) is 0 Å². The van der Waals surface area contributed by atoms with E-state index in [4.69, 9.17) is 9.47 Å². The van der Waals surface area contributed by atoms with Gasteiger partial charge in [-0.15, -0.1) is 0 Å². The lowest BCUT2D eigenvalue weighted by molar-refractivity contribution is -0.206. The molecule has 0 N–H and O–H groups in total. The highest BCUT2D eigenvalue weighted by molar-refractivity contribution is 5.12. The quantitative estimate of drug-likeness (QED) is 0.463. The summed E-state index contributed by atoms with van der Waals surface area (Å²) in [6.45, 7) is 14.4. The summed E-state index contributed by atoms with van der Waals surface area (Å²) in [7, 11) is 0. The summed E-state index contributed by atoms with van der Waals surface area (Å²) >= 11 is 0. The van der Waals surface area contributed by atoms with Crippen LogP contribution in [0.2, 0.25) is 0 Å². The van der Waals surface area contributed by atoms with E-state index in [-0.39, 0.29) is 5.79 Å². The smallest absolute Gasteiger partial charge is 0.168 e. The Morgan fingerprint density at radius 2 is 1.57 bits per heavy atom. The maximum absolute atomic E-state index is 6.17. The van der Waals surface area contributed by atoms with Crippen LogP contribution in [-0.4, -0.2) is 19.0 Å². The van der Waals surface area contributed by atoms with Gasteiger partial charge in [-0.05, 0) is 90.8 Å². The zero-order chi connectivity index (χ0) is 21.1. The van der Waals surface area contributed by atoms with Crippen LogP contribution >= 0.6 is 0 Å². The van der Waals surface area contributed by atoms with Gasteiger partial charge in [0.25, 0.3) is 0 Å². The molecule has 0 aromatic carbocycles. The van der Waals surface area contributed by atoms with Gasteiger partial charge in [0.1, 0.15) is 0 Å². The summed E-state index contributed by atoms with van der Waals surface area (Å²) in [4.78, 5) is 0. The second-order valence-electron chi connectivity index (χ2n) is 13.2. The molecule has 30 heavy (non-hydrogen) atoms. The first-order chi connectivity index (χ1) is 14.3. The monoisotopic (exact) mass is 416 g/mol. The van der Waals surface area contributed by atoms with Crippen molar-refractivity contribution in [3.8, 4) is 0 Å². The number of fused-ring (bicyclic) bond motifs is 5. The van der Waals surface area contributed by atoms with Gasteiger partial charge in [0.05, 0.1) is 13.2 Å². The molecule has 2 nitrogen and oxygen atoms in total. The molecule has 0 amide bonds. The summed E-state index contributed by atoms with van der Waals surface area (Å²) in [6.07, 6.45) is 15.4. The van der Waals surface area contributed by atoms with Crippen LogP contribution in [0.5, 0.6) is 0 Å². The van der Waals surface area contributed by atoms with Crippen molar-refractivity contribution in [2.75, 3.05) is 13.2 Å². The van der Waals surface area contributed by atoms with Gasteiger partial charge in [-0.3, -0.25) is 0 Å². The fourth-order valence-electron chi connectivity index (χ4n) is 9.76. The van der Waals surface area contributed by atoms with Crippen molar-refractivity contribution in [3.05, 3.63) is 0 Å². The van der Waals surface area contributed by atoms with E-state index in [0.29, 0.717) is 10.8 Å². The summed E-state index contributed by atoms with van der Waals surface area (Å²) in [5, 5.41) is 0. The molecule has 2 heteroatoms. The minimum atomic E-state index is -0.204. The lowest BCUT2D eigenvalue weighted by Crippen LogP contribution is -2.47. The zero-order valence-electron chi connectivity index (χ0n) is 20.6. The van der Waals surface area contributed by atoms with Crippen LogP contribution in [0.1, 0.15) is 105 Å². The molecule has 5 rings (SSSR count). The lowest BCUT2D eigenvalue weighted by Gasteiger charge is -2.52. The summed E-state index contributed by atoms with van der Waals surface area (Å²) < 4.78 is 12.3. The molecule has 5 fully saturated rings. The van der Waals surface area contributed by atoms with Gasteiger partial charge >= 0.3 is 0 Å². The van der Waals surface area contributed by atoms with Gasteiger partial charge in [-0.25, -0.2) is 0 Å². The van der Waals surface area contributed by atoms with Gasteiger partial charge in [0.2, 0.25) is 0 Å². The second-order valence-corrected chi connectivity index (χ2v) is 13.2. The maximum Gasteiger partial charge on any atom is 0.168 e. The van der Waals surface area contributed by atoms with Crippen molar-refractivity contribution < 1.29 is 9.47 Å². The molecule has 1 heterocycles. The van der Waals surface area contributed by atoms with Crippen molar-refractivity contribution in [1.82, 2.24) is 0 Å². The second kappa shape index (κ2) is 7.75.